The van der Waals surface area contributed by atoms with Gasteiger partial charge in [-0.1, -0.05) is 80.6 Å². The highest BCUT2D eigenvalue weighted by Gasteiger charge is 2.36. The molecule has 12 heteroatoms. The first-order valence-electron chi connectivity index (χ1n) is 14.9. The summed E-state index contributed by atoms with van der Waals surface area (Å²) in [7, 11) is -4.58. The van der Waals surface area contributed by atoms with Crippen molar-refractivity contribution < 1.29 is 35.6 Å². The normalized spacial score (nSPS) is 12.4. The molecule has 0 saturated heterocycles. The van der Waals surface area contributed by atoms with Gasteiger partial charge in [-0.25, -0.2) is 12.8 Å². The molecular formula is C35H35F4N3O4S. The van der Waals surface area contributed by atoms with Crippen LogP contribution in [0.4, 0.5) is 23.2 Å². The van der Waals surface area contributed by atoms with Crippen LogP contribution < -0.4 is 9.62 Å². The summed E-state index contributed by atoms with van der Waals surface area (Å²) in [5, 5.41) is 2.85. The van der Waals surface area contributed by atoms with Gasteiger partial charge in [-0.2, -0.15) is 13.2 Å². The Hall–Kier alpha value is -4.71. The van der Waals surface area contributed by atoms with Crippen molar-refractivity contribution >= 4 is 27.5 Å². The summed E-state index contributed by atoms with van der Waals surface area (Å²) in [6.45, 7) is 2.95. The molecule has 248 valence electrons. The Bertz CT molecular complexity index is 1750. The number of nitrogens with zero attached hydrogens (tertiary/aromatic N) is 2. The maximum atomic E-state index is 14.4. The number of benzene rings is 4. The number of halogens is 4. The van der Waals surface area contributed by atoms with Crippen molar-refractivity contribution in [3.63, 3.8) is 0 Å². The number of sulfonamides is 1. The Labute approximate surface area is 271 Å². The Morgan fingerprint density at radius 1 is 0.809 bits per heavy atom. The van der Waals surface area contributed by atoms with E-state index in [0.717, 1.165) is 12.1 Å². The van der Waals surface area contributed by atoms with Gasteiger partial charge in [-0.3, -0.25) is 13.9 Å². The Balaban J connectivity index is 1.83. The number of carbonyl (C=O) groups excluding carboxylic acids is 2. The van der Waals surface area contributed by atoms with Crippen LogP contribution in [0.2, 0.25) is 0 Å². The summed E-state index contributed by atoms with van der Waals surface area (Å²) in [6, 6.07) is 23.7. The van der Waals surface area contributed by atoms with Crippen molar-refractivity contribution in [2.75, 3.05) is 17.4 Å². The van der Waals surface area contributed by atoms with Crippen LogP contribution in [0.3, 0.4) is 0 Å². The summed E-state index contributed by atoms with van der Waals surface area (Å²) in [4.78, 5) is 29.1. The van der Waals surface area contributed by atoms with Crippen LogP contribution in [-0.2, 0) is 38.8 Å². The first kappa shape index (κ1) is 35.1. The lowest BCUT2D eigenvalue weighted by atomic mass is 10.0. The zero-order valence-corrected chi connectivity index (χ0v) is 26.6. The van der Waals surface area contributed by atoms with E-state index in [0.29, 0.717) is 28.0 Å². The second kappa shape index (κ2) is 15.3. The minimum atomic E-state index is -4.79. The monoisotopic (exact) mass is 669 g/mol. The van der Waals surface area contributed by atoms with Crippen LogP contribution in [0.1, 0.15) is 30.5 Å². The number of amides is 2. The van der Waals surface area contributed by atoms with Crippen molar-refractivity contribution in [2.24, 2.45) is 5.92 Å². The van der Waals surface area contributed by atoms with Gasteiger partial charge in [0.2, 0.25) is 11.8 Å². The van der Waals surface area contributed by atoms with Crippen LogP contribution in [0, 0.1) is 11.7 Å². The highest BCUT2D eigenvalue weighted by atomic mass is 32.2. The van der Waals surface area contributed by atoms with Crippen molar-refractivity contribution in [1.82, 2.24) is 10.2 Å². The topological polar surface area (TPSA) is 86.8 Å². The zero-order valence-electron chi connectivity index (χ0n) is 25.8. The Morgan fingerprint density at radius 3 is 2.02 bits per heavy atom. The predicted molar refractivity (Wildman–Crippen MR) is 171 cm³/mol. The lowest BCUT2D eigenvalue weighted by molar-refractivity contribution is -0.140. The number of rotatable bonds is 13. The second-order valence-electron chi connectivity index (χ2n) is 11.4. The van der Waals surface area contributed by atoms with Gasteiger partial charge in [0, 0.05) is 19.5 Å². The number of alkyl halides is 3. The van der Waals surface area contributed by atoms with E-state index in [1.54, 1.807) is 36.4 Å². The molecule has 0 saturated carbocycles. The zero-order chi connectivity index (χ0) is 34.2. The summed E-state index contributed by atoms with van der Waals surface area (Å²) >= 11 is 0. The molecule has 0 aliphatic carbocycles. The summed E-state index contributed by atoms with van der Waals surface area (Å²) < 4.78 is 83.6. The van der Waals surface area contributed by atoms with Crippen molar-refractivity contribution in [3.05, 3.63) is 132 Å². The van der Waals surface area contributed by atoms with E-state index >= 15 is 0 Å². The summed E-state index contributed by atoms with van der Waals surface area (Å²) in [6.07, 6.45) is -4.74. The van der Waals surface area contributed by atoms with Crippen LogP contribution >= 0.6 is 0 Å². The molecule has 0 unspecified atom stereocenters. The van der Waals surface area contributed by atoms with Gasteiger partial charge in [-0.15, -0.1) is 0 Å². The maximum absolute atomic E-state index is 14.4. The van der Waals surface area contributed by atoms with E-state index in [-0.39, 0.29) is 29.5 Å². The number of hydrogen-bond donors (Lipinski definition) is 1. The number of nitrogens with one attached hydrogen (secondary N) is 1. The summed E-state index contributed by atoms with van der Waals surface area (Å²) in [5.74, 6) is -1.81. The fourth-order valence-corrected chi connectivity index (χ4v) is 6.28. The second-order valence-corrected chi connectivity index (χ2v) is 13.2. The van der Waals surface area contributed by atoms with E-state index in [4.69, 9.17) is 0 Å². The smallest absolute Gasteiger partial charge is 0.354 e. The molecule has 7 nitrogen and oxygen atoms in total. The highest BCUT2D eigenvalue weighted by molar-refractivity contribution is 7.92. The van der Waals surface area contributed by atoms with Crippen LogP contribution in [0.5, 0.6) is 0 Å². The third-order valence-corrected chi connectivity index (χ3v) is 9.08. The van der Waals surface area contributed by atoms with Gasteiger partial charge in [0.25, 0.3) is 10.0 Å². The molecule has 4 rings (SSSR count). The minimum Gasteiger partial charge on any atom is -0.354 e. The highest BCUT2D eigenvalue weighted by Crippen LogP contribution is 2.33. The molecule has 0 fully saturated rings. The molecule has 0 aromatic heterocycles. The standard InChI is InChI=1S/C35H35F4N3O4S/c1-25(2)22-40-34(44)32(20-26-10-5-3-6-11-26)41(23-27-16-18-29(36)19-17-27)33(43)24-42(47(45,46)31-14-7-4-8-15-31)30-13-9-12-28(21-30)35(37,38)39/h3-19,21,25,32H,20,22-24H2,1-2H3,(H,40,44)/t32-/m1/s1. The molecule has 1 N–H and O–H groups in total. The van der Waals surface area contributed by atoms with E-state index in [9.17, 15) is 35.6 Å². The van der Waals surface area contributed by atoms with Crippen molar-refractivity contribution in [1.29, 1.82) is 0 Å². The average molecular weight is 670 g/mol. The molecule has 2 amide bonds. The first-order chi connectivity index (χ1) is 22.3. The minimum absolute atomic E-state index is 0.0483. The SMILES string of the molecule is CC(C)CNC(=O)[C@@H](Cc1ccccc1)N(Cc1ccc(F)cc1)C(=O)CN(c1cccc(C(F)(F)F)c1)S(=O)(=O)c1ccccc1. The van der Waals surface area contributed by atoms with Gasteiger partial charge < -0.3 is 10.2 Å². The van der Waals surface area contributed by atoms with Gasteiger partial charge >= 0.3 is 6.18 Å². The molecule has 0 bridgehead atoms. The fraction of sp³-hybridized carbons (Fsp3) is 0.257. The molecule has 0 spiro atoms. The average Bonchev–Trinajstić information content (AvgIpc) is 3.05. The first-order valence-corrected chi connectivity index (χ1v) is 16.3. The largest absolute Gasteiger partial charge is 0.416 e. The fourth-order valence-electron chi connectivity index (χ4n) is 4.85. The molecule has 0 aliphatic rings. The van der Waals surface area contributed by atoms with Gasteiger partial charge in [-0.05, 0) is 59.5 Å². The maximum Gasteiger partial charge on any atom is 0.416 e. The van der Waals surface area contributed by atoms with E-state index < -0.39 is 52.0 Å². The van der Waals surface area contributed by atoms with Gasteiger partial charge in [0.05, 0.1) is 16.1 Å². The Morgan fingerprint density at radius 2 is 1.43 bits per heavy atom. The molecular weight excluding hydrogens is 634 g/mol. The number of carbonyl (C=O) groups is 2. The van der Waals surface area contributed by atoms with Crippen LogP contribution in [0.25, 0.3) is 0 Å². The molecule has 4 aromatic rings. The molecule has 4 aromatic carbocycles. The van der Waals surface area contributed by atoms with Crippen LogP contribution in [0.15, 0.2) is 114 Å². The molecule has 0 radical (unpaired) electrons. The third kappa shape index (κ3) is 9.41. The third-order valence-electron chi connectivity index (χ3n) is 7.29. The molecule has 0 aliphatic heterocycles. The van der Waals surface area contributed by atoms with Gasteiger partial charge in [0.15, 0.2) is 0 Å². The van der Waals surface area contributed by atoms with E-state index in [1.807, 2.05) is 13.8 Å². The van der Waals surface area contributed by atoms with E-state index in [2.05, 4.69) is 5.32 Å². The molecule has 0 heterocycles. The quantitative estimate of drug-likeness (QED) is 0.166. The lowest BCUT2D eigenvalue weighted by Gasteiger charge is -2.34. The van der Waals surface area contributed by atoms with Crippen LogP contribution in [-0.4, -0.2) is 44.3 Å². The number of hydrogen-bond acceptors (Lipinski definition) is 4. The number of anilines is 1. The van der Waals surface area contributed by atoms with Crippen molar-refractivity contribution in [2.45, 2.75) is 43.9 Å². The molecule has 47 heavy (non-hydrogen) atoms. The van der Waals surface area contributed by atoms with E-state index in [1.165, 1.54) is 59.5 Å². The molecule has 1 atom stereocenters. The summed E-state index contributed by atoms with van der Waals surface area (Å²) in [5.41, 5.74) is -0.330. The Kier molecular flexibility index (Phi) is 11.4. The lowest BCUT2D eigenvalue weighted by Crippen LogP contribution is -2.53. The van der Waals surface area contributed by atoms with Crippen molar-refractivity contribution in [3.8, 4) is 0 Å². The van der Waals surface area contributed by atoms with Gasteiger partial charge in [0.1, 0.15) is 18.4 Å². The predicted octanol–water partition coefficient (Wildman–Crippen LogP) is 6.45.